The van der Waals surface area contributed by atoms with Crippen molar-refractivity contribution < 1.29 is 18.8 Å². The molecule has 0 aliphatic carbocycles. The molecule has 2 aromatic rings. The number of rotatable bonds is 5. The van der Waals surface area contributed by atoms with Crippen molar-refractivity contribution in [1.82, 2.24) is 20.1 Å². The molecule has 0 radical (unpaired) electrons. The van der Waals surface area contributed by atoms with Gasteiger partial charge in [-0.3, -0.25) is 14.4 Å². The minimum atomic E-state index is -0.294. The lowest BCUT2D eigenvalue weighted by atomic mass is 10.2. The van der Waals surface area contributed by atoms with Crippen LogP contribution in [0.15, 0.2) is 41.0 Å². The summed E-state index contributed by atoms with van der Waals surface area (Å²) in [6.45, 7) is 5.52. The van der Waals surface area contributed by atoms with Crippen molar-refractivity contribution in [1.29, 1.82) is 0 Å². The summed E-state index contributed by atoms with van der Waals surface area (Å²) in [6.07, 6.45) is 2.27. The third-order valence-corrected chi connectivity index (χ3v) is 4.78. The summed E-state index contributed by atoms with van der Waals surface area (Å²) < 4.78 is 5.14. The fraction of sp³-hybridized carbons (Fsp3) is 0.400. The van der Waals surface area contributed by atoms with Gasteiger partial charge in [0.25, 0.3) is 17.7 Å². The van der Waals surface area contributed by atoms with Gasteiger partial charge in [-0.25, -0.2) is 4.98 Å². The molecule has 28 heavy (non-hydrogen) atoms. The van der Waals surface area contributed by atoms with Gasteiger partial charge in [0.05, 0.1) is 6.26 Å². The Bertz CT molecular complexity index is 842. The smallest absolute Gasteiger partial charge is 0.289 e. The second-order valence-electron chi connectivity index (χ2n) is 6.75. The number of hydrogen-bond acceptors (Lipinski definition) is 5. The number of furan rings is 1. The number of carbonyl (C=O) groups excluding carboxylic acids is 3. The van der Waals surface area contributed by atoms with Crippen LogP contribution in [0.3, 0.4) is 0 Å². The summed E-state index contributed by atoms with van der Waals surface area (Å²) >= 11 is 0. The molecule has 1 atom stereocenters. The van der Waals surface area contributed by atoms with Crippen molar-refractivity contribution >= 4 is 17.7 Å². The van der Waals surface area contributed by atoms with Gasteiger partial charge in [-0.15, -0.1) is 0 Å². The molecule has 2 aromatic heterocycles. The highest BCUT2D eigenvalue weighted by atomic mass is 16.3. The average Bonchev–Trinajstić information content (AvgIpc) is 3.27. The first-order valence-electron chi connectivity index (χ1n) is 9.39. The molecule has 3 heterocycles. The monoisotopic (exact) mass is 384 g/mol. The van der Waals surface area contributed by atoms with E-state index >= 15 is 0 Å². The minimum Gasteiger partial charge on any atom is -0.459 e. The highest BCUT2D eigenvalue weighted by Gasteiger charge is 2.27. The maximum Gasteiger partial charge on any atom is 0.289 e. The number of piperazine rings is 1. The van der Waals surface area contributed by atoms with Crippen LogP contribution in [-0.2, 0) is 0 Å². The molecular formula is C20H24N4O4. The summed E-state index contributed by atoms with van der Waals surface area (Å²) in [5.41, 5.74) is 0.445. The molecule has 8 heteroatoms. The van der Waals surface area contributed by atoms with Crippen molar-refractivity contribution in [2.24, 2.45) is 0 Å². The number of nitrogens with zero attached hydrogens (tertiary/aromatic N) is 3. The lowest BCUT2D eigenvalue weighted by Crippen LogP contribution is -2.50. The van der Waals surface area contributed by atoms with Crippen molar-refractivity contribution in [3.8, 4) is 0 Å². The maximum absolute atomic E-state index is 12.8. The van der Waals surface area contributed by atoms with Crippen molar-refractivity contribution in [2.45, 2.75) is 26.3 Å². The van der Waals surface area contributed by atoms with Crippen LogP contribution in [0.5, 0.6) is 0 Å². The number of nitrogens with one attached hydrogen (secondary N) is 1. The van der Waals surface area contributed by atoms with Crippen molar-refractivity contribution in [3.05, 3.63) is 53.7 Å². The highest BCUT2D eigenvalue weighted by molar-refractivity contribution is 5.96. The third kappa shape index (κ3) is 4.39. The molecule has 148 valence electrons. The Morgan fingerprint density at radius 1 is 1.04 bits per heavy atom. The van der Waals surface area contributed by atoms with Crippen LogP contribution in [0.4, 0.5) is 0 Å². The molecule has 0 spiro atoms. The lowest BCUT2D eigenvalue weighted by Gasteiger charge is -2.34. The fourth-order valence-electron chi connectivity index (χ4n) is 2.91. The summed E-state index contributed by atoms with van der Waals surface area (Å²) in [6, 6.07) is 8.18. The summed E-state index contributed by atoms with van der Waals surface area (Å²) in [5.74, 6) is -0.429. The van der Waals surface area contributed by atoms with E-state index in [1.54, 1.807) is 40.1 Å². The van der Waals surface area contributed by atoms with Gasteiger partial charge in [0.1, 0.15) is 11.4 Å². The SMILES string of the molecule is CCC(C)NC(=O)c1cccc(C(=O)N2CCN(C(=O)c3ccco3)CC2)n1. The van der Waals surface area contributed by atoms with Crippen LogP contribution in [0.2, 0.25) is 0 Å². The van der Waals surface area contributed by atoms with Crippen LogP contribution < -0.4 is 5.32 Å². The molecule has 1 aliphatic heterocycles. The van der Waals surface area contributed by atoms with E-state index in [1.165, 1.54) is 6.26 Å². The second kappa shape index (κ2) is 8.69. The van der Waals surface area contributed by atoms with Crippen LogP contribution in [0, 0.1) is 0 Å². The van der Waals surface area contributed by atoms with Crippen molar-refractivity contribution in [3.63, 3.8) is 0 Å². The number of aromatic nitrogens is 1. The quantitative estimate of drug-likeness (QED) is 0.848. The number of pyridine rings is 1. The highest BCUT2D eigenvalue weighted by Crippen LogP contribution is 2.12. The van der Waals surface area contributed by atoms with Gasteiger partial charge < -0.3 is 19.5 Å². The predicted octanol–water partition coefficient (Wildman–Crippen LogP) is 1.80. The Kier molecular flexibility index (Phi) is 6.08. The fourth-order valence-corrected chi connectivity index (χ4v) is 2.91. The average molecular weight is 384 g/mol. The molecule has 1 unspecified atom stereocenters. The zero-order valence-corrected chi connectivity index (χ0v) is 16.1. The van der Waals surface area contributed by atoms with Crippen LogP contribution in [-0.4, -0.2) is 64.7 Å². The van der Waals surface area contributed by atoms with Crippen LogP contribution >= 0.6 is 0 Å². The Labute approximate surface area is 163 Å². The molecule has 1 fully saturated rings. The molecule has 1 saturated heterocycles. The minimum absolute atomic E-state index is 0.0356. The molecule has 1 N–H and O–H groups in total. The van der Waals surface area contributed by atoms with E-state index in [4.69, 9.17) is 4.42 Å². The molecule has 0 saturated carbocycles. The van der Waals surface area contributed by atoms with E-state index < -0.39 is 0 Å². The van der Waals surface area contributed by atoms with Crippen molar-refractivity contribution in [2.75, 3.05) is 26.2 Å². The molecule has 1 aliphatic rings. The topological polar surface area (TPSA) is 95.8 Å². The molecule has 0 aromatic carbocycles. The molecule has 3 amide bonds. The van der Waals surface area contributed by atoms with Crippen LogP contribution in [0.1, 0.15) is 51.8 Å². The normalized spacial score (nSPS) is 15.2. The molecule has 8 nitrogen and oxygen atoms in total. The summed E-state index contributed by atoms with van der Waals surface area (Å²) in [4.78, 5) is 44.9. The zero-order chi connectivity index (χ0) is 20.1. The van der Waals surface area contributed by atoms with E-state index in [0.29, 0.717) is 31.9 Å². The van der Waals surface area contributed by atoms with Gasteiger partial charge in [-0.2, -0.15) is 0 Å². The number of hydrogen-bond donors (Lipinski definition) is 1. The van der Waals surface area contributed by atoms with E-state index in [0.717, 1.165) is 6.42 Å². The number of carbonyl (C=O) groups is 3. The van der Waals surface area contributed by atoms with E-state index in [9.17, 15) is 14.4 Å². The standard InChI is InChI=1S/C20H24N4O4/c1-3-14(2)21-18(25)15-6-4-7-16(22-15)19(26)23-9-11-24(12-10-23)20(27)17-8-5-13-28-17/h4-8,13-14H,3,9-12H2,1-2H3,(H,21,25). The first-order chi connectivity index (χ1) is 13.5. The van der Waals surface area contributed by atoms with Gasteiger partial charge in [0, 0.05) is 32.2 Å². The Morgan fingerprint density at radius 2 is 1.68 bits per heavy atom. The largest absolute Gasteiger partial charge is 0.459 e. The summed E-state index contributed by atoms with van der Waals surface area (Å²) in [7, 11) is 0. The molecular weight excluding hydrogens is 360 g/mol. The Hall–Kier alpha value is -3.16. The van der Waals surface area contributed by atoms with Gasteiger partial charge >= 0.3 is 0 Å². The van der Waals surface area contributed by atoms with E-state index in [-0.39, 0.29) is 35.2 Å². The third-order valence-electron chi connectivity index (χ3n) is 4.78. The predicted molar refractivity (Wildman–Crippen MR) is 102 cm³/mol. The van der Waals surface area contributed by atoms with Gasteiger partial charge in [0.2, 0.25) is 0 Å². The molecule has 3 rings (SSSR count). The second-order valence-corrected chi connectivity index (χ2v) is 6.75. The summed E-state index contributed by atoms with van der Waals surface area (Å²) in [5, 5.41) is 2.84. The lowest BCUT2D eigenvalue weighted by molar-refractivity contribution is 0.0515. The molecule has 0 bridgehead atoms. The van der Waals surface area contributed by atoms with Gasteiger partial charge in [-0.1, -0.05) is 13.0 Å². The van der Waals surface area contributed by atoms with Gasteiger partial charge in [-0.05, 0) is 37.6 Å². The Balaban J connectivity index is 1.61. The number of amides is 3. The van der Waals surface area contributed by atoms with E-state index in [1.807, 2.05) is 13.8 Å². The van der Waals surface area contributed by atoms with Crippen LogP contribution in [0.25, 0.3) is 0 Å². The Morgan fingerprint density at radius 3 is 2.29 bits per heavy atom. The van der Waals surface area contributed by atoms with Gasteiger partial charge in [0.15, 0.2) is 5.76 Å². The van der Waals surface area contributed by atoms with E-state index in [2.05, 4.69) is 10.3 Å². The maximum atomic E-state index is 12.8. The zero-order valence-electron chi connectivity index (χ0n) is 16.1. The first-order valence-corrected chi connectivity index (χ1v) is 9.39. The first kappa shape index (κ1) is 19.6.